The molecular weight excluding hydrogens is 254 g/mol. The van der Waals surface area contributed by atoms with Crippen molar-refractivity contribution in [1.29, 1.82) is 0 Å². The van der Waals surface area contributed by atoms with Crippen LogP contribution in [0.5, 0.6) is 0 Å². The maximum Gasteiger partial charge on any atom is 0.410 e. The van der Waals surface area contributed by atoms with Gasteiger partial charge in [0.25, 0.3) is 0 Å². The first-order valence-corrected chi connectivity index (χ1v) is 7.03. The maximum absolute atomic E-state index is 11.8. The van der Waals surface area contributed by atoms with Crippen molar-refractivity contribution in [1.82, 2.24) is 4.90 Å². The predicted octanol–water partition coefficient (Wildman–Crippen LogP) is 2.64. The summed E-state index contributed by atoms with van der Waals surface area (Å²) < 4.78 is 10.9. The van der Waals surface area contributed by atoms with E-state index < -0.39 is 5.60 Å². The quantitative estimate of drug-likeness (QED) is 0.743. The van der Waals surface area contributed by atoms with Gasteiger partial charge in [-0.3, -0.25) is 0 Å². The average Bonchev–Trinajstić information content (AvgIpc) is 2.09. The van der Waals surface area contributed by atoms with Crippen molar-refractivity contribution in [2.75, 3.05) is 25.6 Å². The van der Waals surface area contributed by atoms with Crippen molar-refractivity contribution >= 4 is 17.7 Å². The van der Waals surface area contributed by atoms with Crippen molar-refractivity contribution in [2.45, 2.75) is 45.3 Å². The molecular formula is C13H22ClNO3. The summed E-state index contributed by atoms with van der Waals surface area (Å²) >= 11 is 5.58. The fraction of sp³-hybridized carbons (Fsp3) is 0.923. The van der Waals surface area contributed by atoms with E-state index in [0.29, 0.717) is 24.0 Å². The van der Waals surface area contributed by atoms with E-state index in [1.54, 1.807) is 4.90 Å². The lowest BCUT2D eigenvalue weighted by Gasteiger charge is -2.58. The van der Waals surface area contributed by atoms with Gasteiger partial charge in [0.1, 0.15) is 5.60 Å². The van der Waals surface area contributed by atoms with Crippen molar-refractivity contribution in [2.24, 2.45) is 5.41 Å². The Morgan fingerprint density at radius 1 is 1.39 bits per heavy atom. The highest BCUT2D eigenvalue weighted by Gasteiger charge is 2.54. The number of nitrogens with zero attached hydrogens (tertiary/aromatic N) is 1. The lowest BCUT2D eigenvalue weighted by molar-refractivity contribution is -0.144. The molecule has 1 saturated heterocycles. The number of halogens is 1. The van der Waals surface area contributed by atoms with Gasteiger partial charge in [-0.1, -0.05) is 0 Å². The first-order valence-electron chi connectivity index (χ1n) is 6.49. The summed E-state index contributed by atoms with van der Waals surface area (Å²) in [7, 11) is 0. The molecule has 2 aliphatic rings. The fourth-order valence-corrected chi connectivity index (χ4v) is 2.80. The Morgan fingerprint density at radius 3 is 2.50 bits per heavy atom. The van der Waals surface area contributed by atoms with Gasteiger partial charge < -0.3 is 14.4 Å². The Balaban J connectivity index is 1.67. The SMILES string of the molecule is CC(C)(C)OC(=O)N1CC2(CC(OCCCl)C2)C1. The molecule has 0 N–H and O–H groups in total. The van der Waals surface area contributed by atoms with Crippen LogP contribution in [0.3, 0.4) is 0 Å². The van der Waals surface area contributed by atoms with Gasteiger partial charge in [-0.15, -0.1) is 11.6 Å². The molecule has 5 heteroatoms. The van der Waals surface area contributed by atoms with Gasteiger partial charge in [-0.05, 0) is 33.6 Å². The minimum absolute atomic E-state index is 0.196. The molecule has 0 aromatic rings. The normalized spacial score (nSPS) is 22.6. The number of hydrogen-bond donors (Lipinski definition) is 0. The van der Waals surface area contributed by atoms with Gasteiger partial charge in [0.2, 0.25) is 0 Å². The van der Waals surface area contributed by atoms with Gasteiger partial charge >= 0.3 is 6.09 Å². The number of carbonyl (C=O) groups is 1. The molecule has 0 aromatic carbocycles. The third-order valence-corrected chi connectivity index (χ3v) is 3.61. The van der Waals surface area contributed by atoms with Crippen molar-refractivity contribution in [3.8, 4) is 0 Å². The molecule has 0 bridgehead atoms. The van der Waals surface area contributed by atoms with Crippen LogP contribution >= 0.6 is 11.6 Å². The Hall–Kier alpha value is -0.480. The van der Waals surface area contributed by atoms with E-state index in [2.05, 4.69) is 0 Å². The van der Waals surface area contributed by atoms with Gasteiger partial charge in [0, 0.05) is 24.4 Å². The molecule has 2 fully saturated rings. The maximum atomic E-state index is 11.8. The van der Waals surface area contributed by atoms with E-state index in [1.165, 1.54) is 0 Å². The first-order chi connectivity index (χ1) is 8.34. The summed E-state index contributed by atoms with van der Waals surface area (Å²) in [5.74, 6) is 0.549. The molecule has 1 heterocycles. The number of amides is 1. The predicted molar refractivity (Wildman–Crippen MR) is 69.9 cm³/mol. The van der Waals surface area contributed by atoms with E-state index in [0.717, 1.165) is 25.9 Å². The Kier molecular flexibility index (Phi) is 3.79. The Bertz CT molecular complexity index is 313. The minimum atomic E-state index is -0.411. The van der Waals surface area contributed by atoms with E-state index in [-0.39, 0.29) is 6.09 Å². The highest BCUT2D eigenvalue weighted by Crippen LogP contribution is 2.49. The summed E-state index contributed by atoms with van der Waals surface area (Å²) in [4.78, 5) is 13.6. The standard InChI is InChI=1S/C13H22ClNO3/c1-12(2,3)18-11(16)15-8-13(9-15)6-10(7-13)17-5-4-14/h10H,4-9H2,1-3H3. The van der Waals surface area contributed by atoms with E-state index >= 15 is 0 Å². The molecule has 1 aliphatic carbocycles. The van der Waals surface area contributed by atoms with Gasteiger partial charge in [-0.25, -0.2) is 4.79 Å². The molecule has 0 atom stereocenters. The third kappa shape index (κ3) is 3.09. The number of hydrogen-bond acceptors (Lipinski definition) is 3. The zero-order valence-electron chi connectivity index (χ0n) is 11.4. The first kappa shape index (κ1) is 13.9. The molecule has 0 radical (unpaired) electrons. The van der Waals surface area contributed by atoms with Crippen molar-refractivity contribution < 1.29 is 14.3 Å². The largest absolute Gasteiger partial charge is 0.444 e. The highest BCUT2D eigenvalue weighted by atomic mass is 35.5. The second kappa shape index (κ2) is 4.89. The Labute approximate surface area is 114 Å². The number of ether oxygens (including phenoxy) is 2. The minimum Gasteiger partial charge on any atom is -0.444 e. The monoisotopic (exact) mass is 275 g/mol. The zero-order chi connectivity index (χ0) is 13.4. The fourth-order valence-electron chi connectivity index (χ4n) is 2.71. The summed E-state index contributed by atoms with van der Waals surface area (Å²) in [5, 5.41) is 0. The zero-order valence-corrected chi connectivity index (χ0v) is 12.1. The number of likely N-dealkylation sites (tertiary alicyclic amines) is 1. The highest BCUT2D eigenvalue weighted by molar-refractivity contribution is 6.17. The van der Waals surface area contributed by atoms with Crippen LogP contribution in [-0.4, -0.2) is 48.3 Å². The van der Waals surface area contributed by atoms with Crippen molar-refractivity contribution in [3.63, 3.8) is 0 Å². The van der Waals surface area contributed by atoms with Crippen LogP contribution in [0.15, 0.2) is 0 Å². The topological polar surface area (TPSA) is 38.8 Å². The molecule has 4 nitrogen and oxygen atoms in total. The van der Waals surface area contributed by atoms with Crippen LogP contribution in [0.25, 0.3) is 0 Å². The molecule has 0 aromatic heterocycles. The molecule has 1 spiro atoms. The van der Waals surface area contributed by atoms with Gasteiger partial charge in [-0.2, -0.15) is 0 Å². The second-order valence-corrected chi connectivity index (χ2v) is 6.80. The van der Waals surface area contributed by atoms with Crippen LogP contribution in [0.4, 0.5) is 4.79 Å². The van der Waals surface area contributed by atoms with Gasteiger partial charge in [0.15, 0.2) is 0 Å². The molecule has 1 saturated carbocycles. The lowest BCUT2D eigenvalue weighted by Crippen LogP contribution is -2.65. The molecule has 0 unspecified atom stereocenters. The average molecular weight is 276 g/mol. The molecule has 1 amide bonds. The lowest BCUT2D eigenvalue weighted by atomic mass is 9.62. The van der Waals surface area contributed by atoms with Crippen LogP contribution in [0, 0.1) is 5.41 Å². The smallest absolute Gasteiger partial charge is 0.410 e. The number of rotatable bonds is 3. The van der Waals surface area contributed by atoms with E-state index in [4.69, 9.17) is 21.1 Å². The van der Waals surface area contributed by atoms with Crippen LogP contribution in [0.1, 0.15) is 33.6 Å². The molecule has 2 rings (SSSR count). The Morgan fingerprint density at radius 2 is 2.00 bits per heavy atom. The molecule has 18 heavy (non-hydrogen) atoms. The van der Waals surface area contributed by atoms with Gasteiger partial charge in [0.05, 0.1) is 12.7 Å². The summed E-state index contributed by atoms with van der Waals surface area (Å²) in [5.41, 5.74) is -0.112. The number of alkyl halides is 1. The third-order valence-electron chi connectivity index (χ3n) is 3.46. The van der Waals surface area contributed by atoms with E-state index in [9.17, 15) is 4.79 Å². The van der Waals surface area contributed by atoms with Crippen molar-refractivity contribution in [3.05, 3.63) is 0 Å². The van der Waals surface area contributed by atoms with Crippen LogP contribution in [-0.2, 0) is 9.47 Å². The van der Waals surface area contributed by atoms with E-state index in [1.807, 2.05) is 20.8 Å². The summed E-state index contributed by atoms with van der Waals surface area (Å²) in [6, 6.07) is 0. The summed E-state index contributed by atoms with van der Waals surface area (Å²) in [6.07, 6.45) is 2.23. The van der Waals surface area contributed by atoms with Crippen LogP contribution in [0.2, 0.25) is 0 Å². The summed E-state index contributed by atoms with van der Waals surface area (Å²) in [6.45, 7) is 7.91. The van der Waals surface area contributed by atoms with Crippen LogP contribution < -0.4 is 0 Å². The number of carbonyl (C=O) groups excluding carboxylic acids is 1. The molecule has 104 valence electrons. The molecule has 1 aliphatic heterocycles. The second-order valence-electron chi connectivity index (χ2n) is 6.43.